The van der Waals surface area contributed by atoms with E-state index in [9.17, 15) is 9.59 Å². The van der Waals surface area contributed by atoms with Gasteiger partial charge >= 0.3 is 11.1 Å². The first-order chi connectivity index (χ1) is 12.1. The summed E-state index contributed by atoms with van der Waals surface area (Å²) in [4.78, 5) is 30.1. The summed E-state index contributed by atoms with van der Waals surface area (Å²) in [7, 11) is 1.61. The Morgan fingerprint density at radius 2 is 2.28 bits per heavy atom. The number of rotatable bonds is 3. The normalized spacial score (nSPS) is 22.9. The largest absolute Gasteiger partial charge is 0.481 e. The maximum absolute atomic E-state index is 12.1. The minimum atomic E-state index is -0.698. The Labute approximate surface area is 143 Å². The molecule has 2 aromatic heterocycles. The van der Waals surface area contributed by atoms with Crippen LogP contribution in [0.3, 0.4) is 0 Å². The number of H-pyrrole nitrogens is 1. The van der Waals surface area contributed by atoms with E-state index < -0.39 is 16.7 Å². The zero-order valence-corrected chi connectivity index (χ0v) is 13.9. The van der Waals surface area contributed by atoms with Crippen LogP contribution in [0.4, 0.5) is 0 Å². The number of likely N-dealkylation sites (tertiary alicyclic amines) is 1. The fourth-order valence-electron chi connectivity index (χ4n) is 3.57. The molecule has 25 heavy (non-hydrogen) atoms. The molecule has 1 N–H and O–H groups in total. The van der Waals surface area contributed by atoms with Crippen molar-refractivity contribution < 1.29 is 9.47 Å². The molecule has 1 fully saturated rings. The van der Waals surface area contributed by atoms with Crippen LogP contribution in [-0.4, -0.2) is 50.4 Å². The first-order valence-corrected chi connectivity index (χ1v) is 8.13. The molecule has 2 aromatic rings. The Balaban J connectivity index is 1.53. The highest BCUT2D eigenvalue weighted by molar-refractivity contribution is 5.25. The summed E-state index contributed by atoms with van der Waals surface area (Å²) in [6.45, 7) is 2.76. The molecule has 1 saturated heterocycles. The standard InChI is InChI=1S/C16H19N5O4/c1-24-14-11(3-2-5-17-14)7-20-6-4-16(9-20)10-21-12(8-25-16)18-19-13(22)15(21)23/h2-3,5H,4,6-10H2,1H3,(H,19,22)/t16-/m0/s1. The molecule has 0 saturated carbocycles. The van der Waals surface area contributed by atoms with Crippen LogP contribution in [-0.2, 0) is 24.4 Å². The Hall–Kier alpha value is -2.52. The van der Waals surface area contributed by atoms with Crippen molar-refractivity contribution in [3.63, 3.8) is 0 Å². The van der Waals surface area contributed by atoms with Crippen molar-refractivity contribution in [2.45, 2.75) is 31.7 Å². The third-order valence-corrected chi connectivity index (χ3v) is 4.82. The number of aromatic nitrogens is 4. The van der Waals surface area contributed by atoms with Crippen LogP contribution >= 0.6 is 0 Å². The molecular formula is C16H19N5O4. The van der Waals surface area contributed by atoms with Gasteiger partial charge < -0.3 is 9.47 Å². The maximum atomic E-state index is 12.1. The van der Waals surface area contributed by atoms with Gasteiger partial charge in [-0.15, -0.1) is 0 Å². The third kappa shape index (κ3) is 2.85. The number of pyridine rings is 1. The molecule has 1 atom stereocenters. The summed E-state index contributed by atoms with van der Waals surface area (Å²) in [6.07, 6.45) is 2.49. The van der Waals surface area contributed by atoms with Gasteiger partial charge in [-0.05, 0) is 12.5 Å². The Morgan fingerprint density at radius 1 is 1.40 bits per heavy atom. The molecule has 1 spiro atoms. The van der Waals surface area contributed by atoms with E-state index in [1.807, 2.05) is 12.1 Å². The summed E-state index contributed by atoms with van der Waals surface area (Å²) in [5.74, 6) is 1.08. The highest BCUT2D eigenvalue weighted by atomic mass is 16.5. The van der Waals surface area contributed by atoms with E-state index >= 15 is 0 Å². The molecule has 0 unspecified atom stereocenters. The van der Waals surface area contributed by atoms with E-state index in [0.717, 1.165) is 18.5 Å². The average molecular weight is 345 g/mol. The lowest BCUT2D eigenvalue weighted by Crippen LogP contribution is -2.51. The van der Waals surface area contributed by atoms with E-state index in [0.29, 0.717) is 31.3 Å². The molecule has 2 aliphatic heterocycles. The minimum Gasteiger partial charge on any atom is -0.481 e. The zero-order chi connectivity index (χ0) is 17.4. The SMILES string of the molecule is COc1ncccc1CN1CC[C@]2(C1)Cn1c(n[nH]c(=O)c1=O)CO2. The van der Waals surface area contributed by atoms with E-state index in [1.165, 1.54) is 4.57 Å². The number of hydrogen-bond acceptors (Lipinski definition) is 7. The number of ether oxygens (including phenoxy) is 2. The summed E-state index contributed by atoms with van der Waals surface area (Å²) in [6, 6.07) is 3.87. The van der Waals surface area contributed by atoms with Gasteiger partial charge in [0.05, 0.1) is 13.7 Å². The summed E-state index contributed by atoms with van der Waals surface area (Å²) < 4.78 is 12.8. The lowest BCUT2D eigenvalue weighted by molar-refractivity contribution is -0.0853. The molecule has 4 heterocycles. The van der Waals surface area contributed by atoms with Gasteiger partial charge in [0.25, 0.3) is 0 Å². The topological polar surface area (TPSA) is 102 Å². The van der Waals surface area contributed by atoms with Crippen LogP contribution < -0.4 is 15.9 Å². The molecule has 0 bridgehead atoms. The van der Waals surface area contributed by atoms with Crippen LogP contribution in [0, 0.1) is 0 Å². The average Bonchev–Trinajstić information content (AvgIpc) is 3.01. The van der Waals surface area contributed by atoms with Crippen molar-refractivity contribution in [3.8, 4) is 5.88 Å². The van der Waals surface area contributed by atoms with Crippen molar-refractivity contribution in [3.05, 3.63) is 50.4 Å². The van der Waals surface area contributed by atoms with Gasteiger partial charge in [0, 0.05) is 31.4 Å². The maximum Gasteiger partial charge on any atom is 0.330 e. The number of fused-ring (bicyclic) bond motifs is 1. The van der Waals surface area contributed by atoms with Crippen LogP contribution in [0.15, 0.2) is 27.9 Å². The number of nitrogens with zero attached hydrogens (tertiary/aromatic N) is 4. The summed E-state index contributed by atoms with van der Waals surface area (Å²) in [5.41, 5.74) is -0.730. The monoisotopic (exact) mass is 345 g/mol. The van der Waals surface area contributed by atoms with E-state index in [-0.39, 0.29) is 6.61 Å². The number of nitrogens with one attached hydrogen (secondary N) is 1. The molecular weight excluding hydrogens is 326 g/mol. The van der Waals surface area contributed by atoms with Gasteiger partial charge in [-0.25, -0.2) is 10.1 Å². The molecule has 132 valence electrons. The molecule has 4 rings (SSSR count). The second kappa shape index (κ2) is 6.08. The quantitative estimate of drug-likeness (QED) is 0.749. The predicted octanol–water partition coefficient (Wildman–Crippen LogP) is -0.490. The minimum absolute atomic E-state index is 0.218. The molecule has 0 aromatic carbocycles. The highest BCUT2D eigenvalue weighted by Gasteiger charge is 2.43. The number of aromatic amines is 1. The third-order valence-electron chi connectivity index (χ3n) is 4.82. The van der Waals surface area contributed by atoms with E-state index in [1.54, 1.807) is 13.3 Å². The molecule has 2 aliphatic rings. The second-order valence-electron chi connectivity index (χ2n) is 6.46. The van der Waals surface area contributed by atoms with E-state index in [4.69, 9.17) is 9.47 Å². The van der Waals surface area contributed by atoms with E-state index in [2.05, 4.69) is 20.1 Å². The predicted molar refractivity (Wildman–Crippen MR) is 87.3 cm³/mol. The van der Waals surface area contributed by atoms with Crippen LogP contribution in [0.2, 0.25) is 0 Å². The molecule has 0 aliphatic carbocycles. The van der Waals surface area contributed by atoms with Crippen molar-refractivity contribution in [2.75, 3.05) is 20.2 Å². The smallest absolute Gasteiger partial charge is 0.330 e. The fourth-order valence-corrected chi connectivity index (χ4v) is 3.57. The van der Waals surface area contributed by atoms with Gasteiger partial charge in [0.15, 0.2) is 5.82 Å². The van der Waals surface area contributed by atoms with Gasteiger partial charge in [0.2, 0.25) is 5.88 Å². The lowest BCUT2D eigenvalue weighted by atomic mass is 10.0. The van der Waals surface area contributed by atoms with Crippen molar-refractivity contribution in [2.24, 2.45) is 0 Å². The lowest BCUT2D eigenvalue weighted by Gasteiger charge is -2.34. The summed E-state index contributed by atoms with van der Waals surface area (Å²) in [5, 5.41) is 6.12. The van der Waals surface area contributed by atoms with Gasteiger partial charge in [-0.1, -0.05) is 6.07 Å². The number of hydrogen-bond donors (Lipinski definition) is 1. The summed E-state index contributed by atoms with van der Waals surface area (Å²) >= 11 is 0. The van der Waals surface area contributed by atoms with Crippen molar-refractivity contribution >= 4 is 0 Å². The first-order valence-electron chi connectivity index (χ1n) is 8.13. The first kappa shape index (κ1) is 16.0. The van der Waals surface area contributed by atoms with Crippen LogP contribution in [0.25, 0.3) is 0 Å². The molecule has 0 amide bonds. The Bertz CT molecular complexity index is 908. The Morgan fingerprint density at radius 3 is 3.12 bits per heavy atom. The van der Waals surface area contributed by atoms with Crippen LogP contribution in [0.5, 0.6) is 5.88 Å². The molecule has 9 heteroatoms. The molecule has 0 radical (unpaired) electrons. The Kier molecular flexibility index (Phi) is 3.89. The van der Waals surface area contributed by atoms with Crippen molar-refractivity contribution in [1.82, 2.24) is 24.6 Å². The molecule has 9 nitrogen and oxygen atoms in total. The zero-order valence-electron chi connectivity index (χ0n) is 13.9. The van der Waals surface area contributed by atoms with Crippen LogP contribution in [0.1, 0.15) is 17.8 Å². The van der Waals surface area contributed by atoms with Gasteiger partial charge in [-0.2, -0.15) is 5.10 Å². The second-order valence-corrected chi connectivity index (χ2v) is 6.46. The van der Waals surface area contributed by atoms with Crippen molar-refractivity contribution in [1.29, 1.82) is 0 Å². The van der Waals surface area contributed by atoms with Gasteiger partial charge in [-0.3, -0.25) is 19.1 Å². The fraction of sp³-hybridized carbons (Fsp3) is 0.500. The number of methoxy groups -OCH3 is 1. The highest BCUT2D eigenvalue weighted by Crippen LogP contribution is 2.32. The van der Waals surface area contributed by atoms with Gasteiger partial charge in [0.1, 0.15) is 12.2 Å².